The molecule has 1 aromatic rings. The smallest absolute Gasteiger partial charge is 0.166 e. The highest BCUT2D eigenvalue weighted by Crippen LogP contribution is 2.17. The van der Waals surface area contributed by atoms with Crippen molar-refractivity contribution in [1.29, 1.82) is 0 Å². The van der Waals surface area contributed by atoms with E-state index in [4.69, 9.17) is 4.74 Å². The van der Waals surface area contributed by atoms with Gasteiger partial charge in [-0.15, -0.1) is 0 Å². The van der Waals surface area contributed by atoms with Gasteiger partial charge in [0.05, 0.1) is 11.8 Å². The van der Waals surface area contributed by atoms with E-state index in [0.29, 0.717) is 6.10 Å². The van der Waals surface area contributed by atoms with Crippen LogP contribution in [-0.2, 0) is 17.7 Å². The van der Waals surface area contributed by atoms with Crippen molar-refractivity contribution >= 4 is 6.29 Å². The second-order valence-electron chi connectivity index (χ2n) is 3.97. The minimum absolute atomic E-state index is 0.293. The lowest BCUT2D eigenvalue weighted by Gasteiger charge is -2.14. The summed E-state index contributed by atoms with van der Waals surface area (Å²) in [6.07, 6.45) is 4.43. The molecule has 0 spiro atoms. The van der Waals surface area contributed by atoms with Gasteiger partial charge in [0.2, 0.25) is 0 Å². The van der Waals surface area contributed by atoms with Crippen LogP contribution in [0.15, 0.2) is 12.1 Å². The van der Waals surface area contributed by atoms with E-state index in [0.717, 1.165) is 44.4 Å². The number of carbonyl (C=O) groups is 1. The van der Waals surface area contributed by atoms with Gasteiger partial charge in [0.1, 0.15) is 0 Å². The fourth-order valence-electron chi connectivity index (χ4n) is 2.15. The van der Waals surface area contributed by atoms with E-state index in [-0.39, 0.29) is 0 Å². The van der Waals surface area contributed by atoms with Gasteiger partial charge in [-0.2, -0.15) is 0 Å². The number of nitrogens with zero attached hydrogens (tertiary/aromatic N) is 1. The Morgan fingerprint density at radius 3 is 3.07 bits per heavy atom. The molecule has 2 rings (SSSR count). The van der Waals surface area contributed by atoms with E-state index >= 15 is 0 Å². The van der Waals surface area contributed by atoms with Crippen LogP contribution in [0.5, 0.6) is 0 Å². The van der Waals surface area contributed by atoms with E-state index in [1.165, 1.54) is 5.69 Å². The number of aromatic nitrogens is 1. The third-order valence-electron chi connectivity index (χ3n) is 3.00. The lowest BCUT2D eigenvalue weighted by atomic mass is 10.2. The van der Waals surface area contributed by atoms with Crippen molar-refractivity contribution in [3.8, 4) is 0 Å². The number of aldehydes is 1. The van der Waals surface area contributed by atoms with Gasteiger partial charge in [0.25, 0.3) is 0 Å². The van der Waals surface area contributed by atoms with Crippen molar-refractivity contribution in [2.24, 2.45) is 0 Å². The van der Waals surface area contributed by atoms with Gasteiger partial charge >= 0.3 is 0 Å². The summed E-state index contributed by atoms with van der Waals surface area (Å²) >= 11 is 0. The molecule has 3 nitrogen and oxygen atoms in total. The molecule has 1 aliphatic heterocycles. The van der Waals surface area contributed by atoms with Crippen molar-refractivity contribution in [3.05, 3.63) is 23.5 Å². The predicted molar refractivity (Wildman–Crippen MR) is 58.2 cm³/mol. The van der Waals surface area contributed by atoms with Crippen LogP contribution in [0, 0.1) is 0 Å². The van der Waals surface area contributed by atoms with E-state index in [1.807, 2.05) is 12.1 Å². The first-order valence-electron chi connectivity index (χ1n) is 5.60. The first kappa shape index (κ1) is 10.4. The molecule has 0 bridgehead atoms. The maximum Gasteiger partial charge on any atom is 0.166 e. The molecule has 0 radical (unpaired) electrons. The largest absolute Gasteiger partial charge is 0.376 e. The molecular formula is C12H17NO2. The lowest BCUT2D eigenvalue weighted by molar-refractivity contribution is 0.0946. The van der Waals surface area contributed by atoms with E-state index in [2.05, 4.69) is 11.5 Å². The fraction of sp³-hybridized carbons (Fsp3) is 0.583. The van der Waals surface area contributed by atoms with Crippen LogP contribution < -0.4 is 0 Å². The van der Waals surface area contributed by atoms with Crippen molar-refractivity contribution in [2.75, 3.05) is 6.61 Å². The Morgan fingerprint density at radius 2 is 2.47 bits per heavy atom. The number of aryl methyl sites for hydroxylation is 1. The average Bonchev–Trinajstić information content (AvgIpc) is 2.87. The normalized spacial score (nSPS) is 20.7. The highest BCUT2D eigenvalue weighted by Gasteiger charge is 2.18. The molecule has 1 unspecified atom stereocenters. The number of hydrogen-bond acceptors (Lipinski definition) is 2. The summed E-state index contributed by atoms with van der Waals surface area (Å²) in [6.45, 7) is 3.80. The van der Waals surface area contributed by atoms with Gasteiger partial charge < -0.3 is 9.30 Å². The van der Waals surface area contributed by atoms with Crippen molar-refractivity contribution in [3.63, 3.8) is 0 Å². The second kappa shape index (κ2) is 4.62. The van der Waals surface area contributed by atoms with Crippen LogP contribution >= 0.6 is 0 Å². The van der Waals surface area contributed by atoms with Crippen LogP contribution in [0.1, 0.15) is 35.9 Å². The van der Waals surface area contributed by atoms with Crippen LogP contribution in [-0.4, -0.2) is 23.6 Å². The summed E-state index contributed by atoms with van der Waals surface area (Å²) in [5, 5.41) is 0. The Hall–Kier alpha value is -1.09. The molecule has 1 saturated heterocycles. The third-order valence-corrected chi connectivity index (χ3v) is 3.00. The van der Waals surface area contributed by atoms with Gasteiger partial charge in [-0.1, -0.05) is 6.92 Å². The molecule has 15 heavy (non-hydrogen) atoms. The summed E-state index contributed by atoms with van der Waals surface area (Å²) in [6, 6.07) is 3.92. The zero-order valence-corrected chi connectivity index (χ0v) is 9.11. The van der Waals surface area contributed by atoms with Crippen molar-refractivity contribution in [2.45, 2.75) is 38.8 Å². The Morgan fingerprint density at radius 1 is 1.60 bits per heavy atom. The fourth-order valence-corrected chi connectivity index (χ4v) is 2.15. The number of carbonyl (C=O) groups excluding carboxylic acids is 1. The van der Waals surface area contributed by atoms with Crippen molar-refractivity contribution < 1.29 is 9.53 Å². The lowest BCUT2D eigenvalue weighted by Crippen LogP contribution is -2.18. The van der Waals surface area contributed by atoms with Gasteiger partial charge in [-0.25, -0.2) is 0 Å². The Balaban J connectivity index is 2.16. The predicted octanol–water partition coefficient (Wildman–Crippen LogP) is 2.04. The molecule has 3 heteroatoms. The summed E-state index contributed by atoms with van der Waals surface area (Å²) in [5.74, 6) is 0. The summed E-state index contributed by atoms with van der Waals surface area (Å²) in [7, 11) is 0. The van der Waals surface area contributed by atoms with E-state index < -0.39 is 0 Å². The molecule has 0 aliphatic carbocycles. The van der Waals surface area contributed by atoms with Crippen LogP contribution in [0.2, 0.25) is 0 Å². The van der Waals surface area contributed by atoms with Crippen LogP contribution in [0.3, 0.4) is 0 Å². The second-order valence-corrected chi connectivity index (χ2v) is 3.97. The van der Waals surface area contributed by atoms with Gasteiger partial charge in [-0.3, -0.25) is 4.79 Å². The summed E-state index contributed by atoms with van der Waals surface area (Å²) in [5.41, 5.74) is 1.98. The highest BCUT2D eigenvalue weighted by atomic mass is 16.5. The Kier molecular flexibility index (Phi) is 3.21. The van der Waals surface area contributed by atoms with Crippen molar-refractivity contribution in [1.82, 2.24) is 4.57 Å². The zero-order chi connectivity index (χ0) is 10.7. The molecule has 0 amide bonds. The maximum absolute atomic E-state index is 10.9. The molecule has 1 aliphatic rings. The molecule has 0 N–H and O–H groups in total. The third kappa shape index (κ3) is 2.12. The first-order valence-corrected chi connectivity index (χ1v) is 5.60. The average molecular weight is 207 g/mol. The quantitative estimate of drug-likeness (QED) is 0.707. The first-order chi connectivity index (χ1) is 7.35. The van der Waals surface area contributed by atoms with Crippen LogP contribution in [0.25, 0.3) is 0 Å². The molecule has 1 aromatic heterocycles. The molecule has 0 saturated carbocycles. The zero-order valence-electron chi connectivity index (χ0n) is 9.11. The molecule has 0 aromatic carbocycles. The molecule has 82 valence electrons. The molecule has 1 atom stereocenters. The topological polar surface area (TPSA) is 31.2 Å². The van der Waals surface area contributed by atoms with Gasteiger partial charge in [-0.05, 0) is 31.4 Å². The Labute approximate surface area is 90.0 Å². The summed E-state index contributed by atoms with van der Waals surface area (Å²) in [4.78, 5) is 10.9. The summed E-state index contributed by atoms with van der Waals surface area (Å²) < 4.78 is 7.67. The number of hydrogen-bond donors (Lipinski definition) is 0. The van der Waals surface area contributed by atoms with E-state index in [1.54, 1.807) is 0 Å². The Bertz CT molecular complexity index is 337. The highest BCUT2D eigenvalue weighted by molar-refractivity contribution is 5.72. The van der Waals surface area contributed by atoms with Gasteiger partial charge in [0, 0.05) is 18.8 Å². The SMILES string of the molecule is CCc1ccc(C=O)n1CC1CCCO1. The number of rotatable bonds is 4. The van der Waals surface area contributed by atoms with Gasteiger partial charge in [0.15, 0.2) is 6.29 Å². The minimum Gasteiger partial charge on any atom is -0.376 e. The van der Waals surface area contributed by atoms with E-state index in [9.17, 15) is 4.79 Å². The standard InChI is InChI=1S/C12H17NO2/c1-2-10-5-6-11(9-14)13(10)8-12-4-3-7-15-12/h5-6,9,12H,2-4,7-8H2,1H3. The minimum atomic E-state index is 0.293. The number of ether oxygens (including phenoxy) is 1. The molecule has 1 fully saturated rings. The molecular weight excluding hydrogens is 190 g/mol. The van der Waals surface area contributed by atoms with Crippen LogP contribution in [0.4, 0.5) is 0 Å². The molecule has 2 heterocycles. The monoisotopic (exact) mass is 207 g/mol. The maximum atomic E-state index is 10.9.